The predicted molar refractivity (Wildman–Crippen MR) is 68.0 cm³/mol. The number of benzene rings is 1. The maximum atomic E-state index is 11.5. The molecule has 15 heavy (non-hydrogen) atoms. The van der Waals surface area contributed by atoms with Gasteiger partial charge in [0.05, 0.1) is 18.6 Å². The van der Waals surface area contributed by atoms with Crippen molar-refractivity contribution in [3.8, 4) is 5.75 Å². The van der Waals surface area contributed by atoms with Crippen molar-refractivity contribution in [3.05, 3.63) is 22.7 Å². The fourth-order valence-electron chi connectivity index (χ4n) is 1.17. The van der Waals surface area contributed by atoms with Crippen molar-refractivity contribution >= 4 is 40.2 Å². The monoisotopic (exact) mass is 289 g/mol. The van der Waals surface area contributed by atoms with E-state index in [-0.39, 0.29) is 11.7 Å². The third kappa shape index (κ3) is 2.89. The van der Waals surface area contributed by atoms with Crippen molar-refractivity contribution in [2.75, 3.05) is 24.8 Å². The lowest BCUT2D eigenvalue weighted by molar-refractivity contribution is -0.115. The number of carbonyl (C=O) groups is 1. The Kier molecular flexibility index (Phi) is 4.47. The van der Waals surface area contributed by atoms with Crippen LogP contribution in [0.4, 0.5) is 5.69 Å². The molecule has 1 rings (SSSR count). The quantitative estimate of drug-likeness (QED) is 0.866. The van der Waals surface area contributed by atoms with Crippen molar-refractivity contribution in [2.45, 2.75) is 0 Å². The summed E-state index contributed by atoms with van der Waals surface area (Å²) in [5.74, 6) is 0.761. The first-order valence-corrected chi connectivity index (χ1v) is 5.73. The highest BCUT2D eigenvalue weighted by Crippen LogP contribution is 2.30. The minimum absolute atomic E-state index is 0.0743. The average Bonchev–Trinajstić information content (AvgIpc) is 2.27. The first-order chi connectivity index (χ1) is 7.10. The van der Waals surface area contributed by atoms with Crippen molar-refractivity contribution in [2.24, 2.45) is 0 Å². The molecule has 0 heterocycles. The summed E-state index contributed by atoms with van der Waals surface area (Å²) in [5.41, 5.74) is 0.728. The van der Waals surface area contributed by atoms with Crippen LogP contribution in [0.3, 0.4) is 0 Å². The molecule has 0 atom stereocenters. The molecule has 0 saturated carbocycles. The van der Waals surface area contributed by atoms with E-state index in [1.807, 2.05) is 18.2 Å². The lowest BCUT2D eigenvalue weighted by Crippen LogP contribution is -2.27. The van der Waals surface area contributed by atoms with Gasteiger partial charge in [-0.15, -0.1) is 0 Å². The van der Waals surface area contributed by atoms with Crippen molar-refractivity contribution in [1.82, 2.24) is 0 Å². The van der Waals surface area contributed by atoms with Gasteiger partial charge in [0.2, 0.25) is 5.91 Å². The summed E-state index contributed by atoms with van der Waals surface area (Å²) in [4.78, 5) is 13.0. The van der Waals surface area contributed by atoms with Crippen LogP contribution in [0.2, 0.25) is 0 Å². The first kappa shape index (κ1) is 12.4. The van der Waals surface area contributed by atoms with Gasteiger partial charge < -0.3 is 9.64 Å². The standard InChI is InChI=1S/C10H12BrNO2S/c1-12(10(13)6-15)8-5-7(11)3-4-9(8)14-2/h3-5,15H,6H2,1-2H3. The molecule has 0 aromatic heterocycles. The molecule has 1 aromatic rings. The minimum atomic E-state index is -0.0743. The molecule has 1 amide bonds. The summed E-state index contributed by atoms with van der Waals surface area (Å²) >= 11 is 7.30. The Hall–Kier alpha value is -0.680. The Morgan fingerprint density at radius 2 is 2.27 bits per heavy atom. The molecule has 0 aliphatic rings. The van der Waals surface area contributed by atoms with Crippen molar-refractivity contribution in [1.29, 1.82) is 0 Å². The van der Waals surface area contributed by atoms with Gasteiger partial charge in [0.25, 0.3) is 0 Å². The Morgan fingerprint density at radius 3 is 2.80 bits per heavy atom. The van der Waals surface area contributed by atoms with Crippen molar-refractivity contribution < 1.29 is 9.53 Å². The number of methoxy groups -OCH3 is 1. The number of hydrogen-bond donors (Lipinski definition) is 1. The van der Waals surface area contributed by atoms with Crippen LogP contribution in [0.5, 0.6) is 5.75 Å². The number of hydrogen-bond acceptors (Lipinski definition) is 3. The number of rotatable bonds is 3. The van der Waals surface area contributed by atoms with E-state index in [1.54, 1.807) is 14.2 Å². The Balaban J connectivity index is 3.10. The summed E-state index contributed by atoms with van der Waals surface area (Å²) in [5, 5.41) is 0. The summed E-state index contributed by atoms with van der Waals surface area (Å²) < 4.78 is 6.08. The molecule has 3 nitrogen and oxygen atoms in total. The number of amides is 1. The second-order valence-electron chi connectivity index (χ2n) is 2.93. The zero-order valence-electron chi connectivity index (χ0n) is 8.53. The molecule has 0 N–H and O–H groups in total. The van der Waals surface area contributed by atoms with E-state index in [0.29, 0.717) is 5.75 Å². The fourth-order valence-corrected chi connectivity index (χ4v) is 1.73. The molecular formula is C10H12BrNO2S. The SMILES string of the molecule is COc1ccc(Br)cc1N(C)C(=O)CS. The molecule has 0 spiro atoms. The number of halogens is 1. The molecule has 0 fully saturated rings. The van der Waals surface area contributed by atoms with Gasteiger partial charge in [0.15, 0.2) is 0 Å². The molecule has 0 unspecified atom stereocenters. The van der Waals surface area contributed by atoms with Gasteiger partial charge in [-0.2, -0.15) is 12.6 Å². The summed E-state index contributed by atoms with van der Waals surface area (Å²) in [6.07, 6.45) is 0. The fraction of sp³-hybridized carbons (Fsp3) is 0.300. The van der Waals surface area contributed by atoms with E-state index in [1.165, 1.54) is 4.90 Å². The van der Waals surface area contributed by atoms with E-state index in [2.05, 4.69) is 28.6 Å². The number of anilines is 1. The van der Waals surface area contributed by atoms with E-state index >= 15 is 0 Å². The largest absolute Gasteiger partial charge is 0.495 e. The molecule has 0 aliphatic carbocycles. The third-order valence-corrected chi connectivity index (χ3v) is 2.78. The number of ether oxygens (including phenoxy) is 1. The minimum Gasteiger partial charge on any atom is -0.495 e. The van der Waals surface area contributed by atoms with Crippen LogP contribution in [0, 0.1) is 0 Å². The molecule has 0 bridgehead atoms. The van der Waals surface area contributed by atoms with E-state index in [0.717, 1.165) is 10.2 Å². The maximum Gasteiger partial charge on any atom is 0.236 e. The van der Waals surface area contributed by atoms with Crippen LogP contribution in [-0.4, -0.2) is 25.8 Å². The van der Waals surface area contributed by atoms with E-state index in [4.69, 9.17) is 4.74 Å². The third-order valence-electron chi connectivity index (χ3n) is 2.01. The van der Waals surface area contributed by atoms with Gasteiger partial charge >= 0.3 is 0 Å². The summed E-state index contributed by atoms with van der Waals surface area (Å²) in [7, 11) is 3.27. The van der Waals surface area contributed by atoms with Crippen molar-refractivity contribution in [3.63, 3.8) is 0 Å². The highest BCUT2D eigenvalue weighted by atomic mass is 79.9. The topological polar surface area (TPSA) is 29.5 Å². The molecule has 0 aliphatic heterocycles. The summed E-state index contributed by atoms with van der Waals surface area (Å²) in [6, 6.07) is 5.50. The van der Waals surface area contributed by atoms with Gasteiger partial charge in [0, 0.05) is 11.5 Å². The van der Waals surface area contributed by atoms with Crippen LogP contribution < -0.4 is 9.64 Å². The molecule has 0 radical (unpaired) electrons. The number of nitrogens with zero attached hydrogens (tertiary/aromatic N) is 1. The Morgan fingerprint density at radius 1 is 1.60 bits per heavy atom. The van der Waals surface area contributed by atoms with Crippen LogP contribution in [0.25, 0.3) is 0 Å². The maximum absolute atomic E-state index is 11.5. The zero-order valence-corrected chi connectivity index (χ0v) is 11.0. The lowest BCUT2D eigenvalue weighted by Gasteiger charge is -2.19. The smallest absolute Gasteiger partial charge is 0.236 e. The second-order valence-corrected chi connectivity index (χ2v) is 4.16. The van der Waals surface area contributed by atoms with E-state index < -0.39 is 0 Å². The molecule has 0 saturated heterocycles. The van der Waals surface area contributed by atoms with Crippen LogP contribution in [0.1, 0.15) is 0 Å². The zero-order chi connectivity index (χ0) is 11.4. The van der Waals surface area contributed by atoms with E-state index in [9.17, 15) is 4.79 Å². The normalized spacial score (nSPS) is 9.87. The van der Waals surface area contributed by atoms with Gasteiger partial charge in [0.1, 0.15) is 5.75 Å². The Bertz CT molecular complexity index is 370. The molecule has 82 valence electrons. The predicted octanol–water partition coefficient (Wildman–Crippen LogP) is 2.35. The van der Waals surface area contributed by atoms with Gasteiger partial charge in [-0.3, -0.25) is 4.79 Å². The molecular weight excluding hydrogens is 278 g/mol. The van der Waals surface area contributed by atoms with Gasteiger partial charge in [-0.05, 0) is 18.2 Å². The summed E-state index contributed by atoms with van der Waals surface area (Å²) in [6.45, 7) is 0. The average molecular weight is 290 g/mol. The Labute approximate surface area is 103 Å². The van der Waals surface area contributed by atoms with Gasteiger partial charge in [-0.25, -0.2) is 0 Å². The second kappa shape index (κ2) is 5.42. The first-order valence-electron chi connectivity index (χ1n) is 4.31. The van der Waals surface area contributed by atoms with Crippen LogP contribution in [-0.2, 0) is 4.79 Å². The van der Waals surface area contributed by atoms with Crippen LogP contribution >= 0.6 is 28.6 Å². The highest BCUT2D eigenvalue weighted by molar-refractivity contribution is 9.10. The molecule has 1 aromatic carbocycles. The van der Waals surface area contributed by atoms with Crippen LogP contribution in [0.15, 0.2) is 22.7 Å². The number of thiol groups is 1. The molecule has 5 heteroatoms. The highest BCUT2D eigenvalue weighted by Gasteiger charge is 2.13. The lowest BCUT2D eigenvalue weighted by atomic mass is 10.2. The van der Waals surface area contributed by atoms with Gasteiger partial charge in [-0.1, -0.05) is 15.9 Å². The number of carbonyl (C=O) groups excluding carboxylic acids is 1.